The number of nitro groups is 1. The van der Waals surface area contributed by atoms with Crippen molar-refractivity contribution in [3.63, 3.8) is 0 Å². The molecule has 4 rings (SSSR count). The number of nitro benzene ring substituents is 1. The van der Waals surface area contributed by atoms with Crippen LogP contribution in [0, 0.1) is 10.1 Å². The number of carbonyl (C=O) groups excluding carboxylic acids is 3. The summed E-state index contributed by atoms with van der Waals surface area (Å²) in [6.07, 6.45) is 1.42. The Balaban J connectivity index is 1.36. The number of ether oxygens (including phenoxy) is 5. The summed E-state index contributed by atoms with van der Waals surface area (Å²) in [5.74, 6) is 0.272. The van der Waals surface area contributed by atoms with Crippen LogP contribution in [-0.4, -0.2) is 56.0 Å². The number of nitrogens with zero attached hydrogens (tertiary/aromatic N) is 2. The van der Waals surface area contributed by atoms with Gasteiger partial charge in [0.1, 0.15) is 6.61 Å². The number of non-ortho nitro benzene ring substituents is 1. The van der Waals surface area contributed by atoms with Crippen molar-refractivity contribution < 1.29 is 43.0 Å². The molecule has 0 aromatic heterocycles. The van der Waals surface area contributed by atoms with Crippen molar-refractivity contribution in [1.82, 2.24) is 16.1 Å². The van der Waals surface area contributed by atoms with E-state index in [0.29, 0.717) is 40.5 Å². The third-order valence-electron chi connectivity index (χ3n) is 6.83. The lowest BCUT2D eigenvalue weighted by atomic mass is 9.95. The molecule has 0 saturated carbocycles. The number of urea groups is 1. The highest BCUT2D eigenvalue weighted by atomic mass is 16.6. The molecule has 0 unspecified atom stereocenters. The van der Waals surface area contributed by atoms with Crippen LogP contribution < -0.4 is 35.0 Å². The molecular weight excluding hydrogens is 626 g/mol. The van der Waals surface area contributed by atoms with Gasteiger partial charge in [0.15, 0.2) is 29.6 Å². The van der Waals surface area contributed by atoms with Crippen LogP contribution in [0.25, 0.3) is 0 Å². The Kier molecular flexibility index (Phi) is 11.9. The molecule has 0 aliphatic carbocycles. The van der Waals surface area contributed by atoms with Crippen LogP contribution in [-0.2, 0) is 20.9 Å². The molecule has 3 aromatic carbocycles. The molecule has 15 nitrogen and oxygen atoms in total. The third-order valence-corrected chi connectivity index (χ3v) is 6.83. The summed E-state index contributed by atoms with van der Waals surface area (Å²) in [7, 11) is 1.42. The number of hydrazone groups is 1. The largest absolute Gasteiger partial charge is 0.493 e. The first-order chi connectivity index (χ1) is 23.1. The first-order valence-corrected chi connectivity index (χ1v) is 14.8. The number of carbonyl (C=O) groups is 3. The number of methoxy groups -OCH3 is 1. The molecule has 1 heterocycles. The van der Waals surface area contributed by atoms with Crippen LogP contribution in [0.3, 0.4) is 0 Å². The number of hydrogen-bond donors (Lipinski definition) is 3. The van der Waals surface area contributed by atoms with Gasteiger partial charge in [0.25, 0.3) is 11.6 Å². The monoisotopic (exact) mass is 661 g/mol. The van der Waals surface area contributed by atoms with Crippen LogP contribution in [0.5, 0.6) is 23.0 Å². The highest BCUT2D eigenvalue weighted by molar-refractivity contribution is 5.95. The van der Waals surface area contributed by atoms with Crippen molar-refractivity contribution >= 4 is 29.8 Å². The van der Waals surface area contributed by atoms with Crippen molar-refractivity contribution in [2.24, 2.45) is 5.10 Å². The molecule has 3 N–H and O–H groups in total. The first-order valence-electron chi connectivity index (χ1n) is 14.8. The van der Waals surface area contributed by atoms with Crippen LogP contribution in [0.15, 0.2) is 77.0 Å². The molecule has 0 fully saturated rings. The molecule has 48 heavy (non-hydrogen) atoms. The fourth-order valence-electron chi connectivity index (χ4n) is 4.67. The topological polar surface area (TPSA) is 189 Å². The second kappa shape index (κ2) is 16.4. The standard InChI is InChI=1S/C33H35N5O10/c1-5-45-28-15-21(10-12-26(28)47-18-22-8-7-9-24(14-22)38(42)43)17-34-37-29(39)19-48-25-13-11-23(16-27(25)44-4)31-30(32(40)46-6-2)20(3)35-33(41)36-31/h7-17,31H,5-6,18-19H2,1-4H3,(H,37,39)(H2,35,36,41)/b34-17-/t31-/m1/s1. The van der Waals surface area contributed by atoms with Gasteiger partial charge in [-0.1, -0.05) is 18.2 Å². The molecule has 15 heteroatoms. The summed E-state index contributed by atoms with van der Waals surface area (Å²) in [5, 5.41) is 20.3. The van der Waals surface area contributed by atoms with E-state index in [9.17, 15) is 24.5 Å². The SMILES string of the molecule is CCOC(=O)C1=C(C)NC(=O)N[C@@H]1c1ccc(OCC(=O)N/N=C\c2ccc(OCc3cccc([N+](=O)[O-])c3)c(OCC)c2)c(OC)c1. The van der Waals surface area contributed by atoms with E-state index in [-0.39, 0.29) is 36.0 Å². The van der Waals surface area contributed by atoms with E-state index in [1.807, 2.05) is 6.92 Å². The van der Waals surface area contributed by atoms with Crippen molar-refractivity contribution in [1.29, 1.82) is 0 Å². The van der Waals surface area contributed by atoms with E-state index in [2.05, 4.69) is 21.2 Å². The molecule has 0 bridgehead atoms. The Morgan fingerprint density at radius 2 is 1.75 bits per heavy atom. The van der Waals surface area contributed by atoms with Crippen LogP contribution >= 0.6 is 0 Å². The lowest BCUT2D eigenvalue weighted by molar-refractivity contribution is -0.384. The second-order valence-electron chi connectivity index (χ2n) is 10.1. The molecule has 0 radical (unpaired) electrons. The number of rotatable bonds is 15. The Morgan fingerprint density at radius 1 is 0.979 bits per heavy atom. The number of hydrogen-bond acceptors (Lipinski definition) is 11. The average Bonchev–Trinajstić information content (AvgIpc) is 3.06. The minimum atomic E-state index is -0.796. The number of amides is 3. The van der Waals surface area contributed by atoms with Gasteiger partial charge in [-0.05, 0) is 67.8 Å². The first kappa shape index (κ1) is 34.7. The van der Waals surface area contributed by atoms with E-state index >= 15 is 0 Å². The van der Waals surface area contributed by atoms with E-state index in [4.69, 9.17) is 23.7 Å². The van der Waals surface area contributed by atoms with Gasteiger partial charge < -0.3 is 34.3 Å². The highest BCUT2D eigenvalue weighted by Gasteiger charge is 2.32. The summed E-state index contributed by atoms with van der Waals surface area (Å²) < 4.78 is 27.8. The Hall–Kier alpha value is -6.12. The van der Waals surface area contributed by atoms with Crippen molar-refractivity contribution in [3.05, 3.63) is 98.7 Å². The number of allylic oxidation sites excluding steroid dienone is 1. The zero-order chi connectivity index (χ0) is 34.6. The van der Waals surface area contributed by atoms with E-state index in [1.165, 1.54) is 25.5 Å². The molecular formula is C33H35N5O10. The smallest absolute Gasteiger partial charge is 0.338 e. The van der Waals surface area contributed by atoms with Crippen molar-refractivity contribution in [3.8, 4) is 23.0 Å². The van der Waals surface area contributed by atoms with Gasteiger partial charge >= 0.3 is 12.0 Å². The summed E-state index contributed by atoms with van der Waals surface area (Å²) >= 11 is 0. The zero-order valence-corrected chi connectivity index (χ0v) is 26.7. The molecule has 3 amide bonds. The van der Waals surface area contributed by atoms with Gasteiger partial charge in [-0.25, -0.2) is 15.0 Å². The van der Waals surface area contributed by atoms with Gasteiger partial charge in [0.05, 0.1) is 43.1 Å². The maximum atomic E-state index is 12.6. The average molecular weight is 662 g/mol. The predicted octanol–water partition coefficient (Wildman–Crippen LogP) is 4.30. The number of esters is 1. The second-order valence-corrected chi connectivity index (χ2v) is 10.1. The lowest BCUT2D eigenvalue weighted by Gasteiger charge is -2.28. The summed E-state index contributed by atoms with van der Waals surface area (Å²) in [6.45, 7) is 5.35. The van der Waals surface area contributed by atoms with Gasteiger partial charge in [0.2, 0.25) is 0 Å². The summed E-state index contributed by atoms with van der Waals surface area (Å²) in [4.78, 5) is 47.9. The fourth-order valence-corrected chi connectivity index (χ4v) is 4.67. The van der Waals surface area contributed by atoms with E-state index in [1.54, 1.807) is 62.4 Å². The van der Waals surface area contributed by atoms with E-state index < -0.39 is 35.5 Å². The quantitative estimate of drug-likeness (QED) is 0.0917. The van der Waals surface area contributed by atoms with E-state index in [0.717, 1.165) is 0 Å². The van der Waals surface area contributed by atoms with Gasteiger partial charge in [0, 0.05) is 17.8 Å². The van der Waals surface area contributed by atoms with Crippen LogP contribution in [0.4, 0.5) is 10.5 Å². The summed E-state index contributed by atoms with van der Waals surface area (Å²) in [6, 6.07) is 14.8. The number of nitrogens with one attached hydrogen (secondary N) is 3. The van der Waals surface area contributed by atoms with Gasteiger partial charge in [-0.2, -0.15) is 5.10 Å². The molecule has 1 aliphatic heterocycles. The maximum absolute atomic E-state index is 12.6. The van der Waals surface area contributed by atoms with Crippen LogP contribution in [0.1, 0.15) is 43.5 Å². The number of benzene rings is 3. The molecule has 0 saturated heterocycles. The molecule has 1 aliphatic rings. The van der Waals surface area contributed by atoms with Gasteiger partial charge in [-0.15, -0.1) is 0 Å². The Labute approximate surface area is 276 Å². The molecule has 252 valence electrons. The van der Waals surface area contributed by atoms with Crippen molar-refractivity contribution in [2.45, 2.75) is 33.4 Å². The molecule has 1 atom stereocenters. The van der Waals surface area contributed by atoms with Crippen LogP contribution in [0.2, 0.25) is 0 Å². The molecule has 3 aromatic rings. The molecule has 0 spiro atoms. The Morgan fingerprint density at radius 3 is 2.48 bits per heavy atom. The third kappa shape index (κ3) is 8.99. The fraction of sp³-hybridized carbons (Fsp3) is 0.273. The minimum absolute atomic E-state index is 0.0280. The minimum Gasteiger partial charge on any atom is -0.493 e. The normalized spacial score (nSPS) is 14.1. The predicted molar refractivity (Wildman–Crippen MR) is 173 cm³/mol. The van der Waals surface area contributed by atoms with Crippen molar-refractivity contribution in [2.75, 3.05) is 26.9 Å². The highest BCUT2D eigenvalue weighted by Crippen LogP contribution is 2.35. The maximum Gasteiger partial charge on any atom is 0.338 e. The Bertz CT molecular complexity index is 1740. The summed E-state index contributed by atoms with van der Waals surface area (Å²) in [5.41, 5.74) is 4.76. The zero-order valence-electron chi connectivity index (χ0n) is 26.7. The lowest BCUT2D eigenvalue weighted by Crippen LogP contribution is -2.45. The van der Waals surface area contributed by atoms with Gasteiger partial charge in [-0.3, -0.25) is 14.9 Å².